The molecule has 1 heterocycles. The zero-order valence-corrected chi connectivity index (χ0v) is 10.8. The second-order valence-corrected chi connectivity index (χ2v) is 3.98. The van der Waals surface area contributed by atoms with Crippen molar-refractivity contribution in [2.75, 3.05) is 7.11 Å². The summed E-state index contributed by atoms with van der Waals surface area (Å²) >= 11 is 0. The number of rotatable bonds is 1. The lowest BCUT2D eigenvalue weighted by Gasteiger charge is -2.02. The third-order valence-corrected chi connectivity index (χ3v) is 2.56. The zero-order valence-electron chi connectivity index (χ0n) is 10.8. The van der Waals surface area contributed by atoms with E-state index in [9.17, 15) is 4.79 Å². The van der Waals surface area contributed by atoms with Crippen LogP contribution in [0.2, 0.25) is 0 Å². The van der Waals surface area contributed by atoms with Gasteiger partial charge >= 0.3 is 5.97 Å². The van der Waals surface area contributed by atoms with Gasteiger partial charge in [-0.15, -0.1) is 0 Å². The van der Waals surface area contributed by atoms with E-state index in [0.29, 0.717) is 11.1 Å². The summed E-state index contributed by atoms with van der Waals surface area (Å²) in [6.45, 7) is 1.82. The third-order valence-electron chi connectivity index (χ3n) is 2.56. The molecule has 1 aromatic heterocycles. The summed E-state index contributed by atoms with van der Waals surface area (Å²) in [6, 6.07) is 11.3. The Balaban J connectivity index is 2.41. The van der Waals surface area contributed by atoms with Crippen molar-refractivity contribution >= 4 is 5.97 Å². The summed E-state index contributed by atoms with van der Waals surface area (Å²) in [5.41, 5.74) is 2.66. The lowest BCUT2D eigenvalue weighted by atomic mass is 10.1. The van der Waals surface area contributed by atoms with E-state index in [1.54, 1.807) is 12.3 Å². The normalized spacial score (nSPS) is 9.37. The van der Waals surface area contributed by atoms with Crippen LogP contribution in [0.1, 0.15) is 27.2 Å². The molecule has 3 heteroatoms. The highest BCUT2D eigenvalue weighted by Crippen LogP contribution is 2.10. The van der Waals surface area contributed by atoms with Crippen LogP contribution >= 0.6 is 0 Å². The summed E-state index contributed by atoms with van der Waals surface area (Å²) < 4.78 is 4.75. The number of carbonyl (C=O) groups is 1. The van der Waals surface area contributed by atoms with Crippen molar-refractivity contribution in [3.05, 3.63) is 65.0 Å². The van der Waals surface area contributed by atoms with Gasteiger partial charge in [0.2, 0.25) is 0 Å². The second kappa shape index (κ2) is 5.83. The molecule has 0 aliphatic rings. The molecule has 0 bridgehead atoms. The van der Waals surface area contributed by atoms with Crippen molar-refractivity contribution in [3.8, 4) is 11.8 Å². The van der Waals surface area contributed by atoms with E-state index in [1.165, 1.54) is 7.11 Å². The molecule has 0 N–H and O–H groups in total. The monoisotopic (exact) mass is 251 g/mol. The van der Waals surface area contributed by atoms with Gasteiger partial charge in [0, 0.05) is 17.5 Å². The van der Waals surface area contributed by atoms with E-state index in [-0.39, 0.29) is 0 Å². The maximum Gasteiger partial charge on any atom is 0.339 e. The number of ether oxygens (including phenoxy) is 1. The molecule has 0 saturated carbocycles. The van der Waals surface area contributed by atoms with Crippen LogP contribution in [-0.2, 0) is 4.74 Å². The first-order valence-electron chi connectivity index (χ1n) is 5.83. The number of benzene rings is 1. The lowest BCUT2D eigenvalue weighted by Crippen LogP contribution is -2.05. The highest BCUT2D eigenvalue weighted by atomic mass is 16.5. The van der Waals surface area contributed by atoms with Crippen molar-refractivity contribution in [1.29, 1.82) is 0 Å². The molecule has 0 fully saturated rings. The van der Waals surface area contributed by atoms with Crippen LogP contribution in [0.4, 0.5) is 0 Å². The molecular weight excluding hydrogens is 238 g/mol. The molecule has 0 spiro atoms. The molecule has 94 valence electrons. The van der Waals surface area contributed by atoms with E-state index >= 15 is 0 Å². The Labute approximate surface area is 112 Å². The van der Waals surface area contributed by atoms with Gasteiger partial charge in [0.05, 0.1) is 18.2 Å². The molecule has 0 atom stereocenters. The topological polar surface area (TPSA) is 39.2 Å². The van der Waals surface area contributed by atoms with E-state index in [4.69, 9.17) is 4.74 Å². The lowest BCUT2D eigenvalue weighted by molar-refractivity contribution is 0.0600. The Bertz CT molecular complexity index is 651. The molecule has 0 radical (unpaired) electrons. The SMILES string of the molecule is COC(=O)c1cc(C)ncc1C#Cc1ccccc1. The van der Waals surface area contributed by atoms with E-state index < -0.39 is 5.97 Å². The Morgan fingerprint density at radius 2 is 1.95 bits per heavy atom. The van der Waals surface area contributed by atoms with Gasteiger partial charge < -0.3 is 4.74 Å². The van der Waals surface area contributed by atoms with Gasteiger partial charge in [-0.25, -0.2) is 4.79 Å². The van der Waals surface area contributed by atoms with Crippen molar-refractivity contribution in [2.24, 2.45) is 0 Å². The first-order valence-corrected chi connectivity index (χ1v) is 5.83. The number of hydrogen-bond acceptors (Lipinski definition) is 3. The van der Waals surface area contributed by atoms with Crippen LogP contribution in [0.5, 0.6) is 0 Å². The minimum absolute atomic E-state index is 0.400. The van der Waals surface area contributed by atoms with Crippen LogP contribution in [-0.4, -0.2) is 18.1 Å². The zero-order chi connectivity index (χ0) is 13.7. The Morgan fingerprint density at radius 3 is 2.63 bits per heavy atom. The van der Waals surface area contributed by atoms with Crippen LogP contribution in [0.3, 0.4) is 0 Å². The van der Waals surface area contributed by atoms with Crippen molar-refractivity contribution in [1.82, 2.24) is 4.98 Å². The van der Waals surface area contributed by atoms with Crippen molar-refractivity contribution < 1.29 is 9.53 Å². The summed E-state index contributed by atoms with van der Waals surface area (Å²) in [5, 5.41) is 0. The first-order chi connectivity index (χ1) is 9.20. The van der Waals surface area contributed by atoms with Gasteiger partial charge in [-0.05, 0) is 25.1 Å². The fraction of sp³-hybridized carbons (Fsp3) is 0.125. The fourth-order valence-electron chi connectivity index (χ4n) is 1.60. The number of carbonyl (C=O) groups excluding carboxylic acids is 1. The summed E-state index contributed by atoms with van der Waals surface area (Å²) in [4.78, 5) is 15.8. The van der Waals surface area contributed by atoms with Crippen LogP contribution in [0.15, 0.2) is 42.6 Å². The third kappa shape index (κ3) is 3.20. The first kappa shape index (κ1) is 12.8. The van der Waals surface area contributed by atoms with Gasteiger partial charge in [0.15, 0.2) is 0 Å². The quantitative estimate of drug-likeness (QED) is 0.577. The van der Waals surface area contributed by atoms with Gasteiger partial charge in [0.1, 0.15) is 0 Å². The second-order valence-electron chi connectivity index (χ2n) is 3.98. The maximum atomic E-state index is 11.7. The number of nitrogens with zero attached hydrogens (tertiary/aromatic N) is 1. The predicted octanol–water partition coefficient (Wildman–Crippen LogP) is 2.58. The summed E-state index contributed by atoms with van der Waals surface area (Å²) in [5.74, 6) is 5.56. The Hall–Kier alpha value is -2.60. The number of pyridine rings is 1. The van der Waals surface area contributed by atoms with Gasteiger partial charge in [0.25, 0.3) is 0 Å². The predicted molar refractivity (Wildman–Crippen MR) is 72.7 cm³/mol. The van der Waals surface area contributed by atoms with Crippen LogP contribution in [0.25, 0.3) is 0 Å². The Kier molecular flexibility index (Phi) is 3.94. The largest absolute Gasteiger partial charge is 0.465 e. The number of methoxy groups -OCH3 is 1. The molecule has 2 rings (SSSR count). The number of esters is 1. The number of aryl methyl sites for hydroxylation is 1. The molecule has 0 amide bonds. The van der Waals surface area contributed by atoms with Crippen LogP contribution in [0, 0.1) is 18.8 Å². The molecule has 0 aliphatic carbocycles. The molecule has 1 aromatic carbocycles. The van der Waals surface area contributed by atoms with E-state index in [0.717, 1.165) is 11.3 Å². The number of aromatic nitrogens is 1. The van der Waals surface area contributed by atoms with E-state index in [1.807, 2.05) is 37.3 Å². The van der Waals surface area contributed by atoms with Crippen molar-refractivity contribution in [2.45, 2.75) is 6.92 Å². The molecule has 0 aliphatic heterocycles. The fourth-order valence-corrected chi connectivity index (χ4v) is 1.60. The Morgan fingerprint density at radius 1 is 1.21 bits per heavy atom. The smallest absolute Gasteiger partial charge is 0.339 e. The summed E-state index contributed by atoms with van der Waals surface area (Å²) in [6.07, 6.45) is 1.59. The molecule has 0 unspecified atom stereocenters. The van der Waals surface area contributed by atoms with Crippen LogP contribution < -0.4 is 0 Å². The highest BCUT2D eigenvalue weighted by Gasteiger charge is 2.11. The molecule has 2 aromatic rings. The van der Waals surface area contributed by atoms with Gasteiger partial charge in [-0.2, -0.15) is 0 Å². The highest BCUT2D eigenvalue weighted by molar-refractivity contribution is 5.92. The van der Waals surface area contributed by atoms with Gasteiger partial charge in [-0.1, -0.05) is 30.0 Å². The average molecular weight is 251 g/mol. The number of hydrogen-bond donors (Lipinski definition) is 0. The van der Waals surface area contributed by atoms with Gasteiger partial charge in [-0.3, -0.25) is 4.98 Å². The van der Waals surface area contributed by atoms with E-state index in [2.05, 4.69) is 16.8 Å². The standard InChI is InChI=1S/C16H13NO2/c1-12-10-15(16(18)19-2)14(11-17-12)9-8-13-6-4-3-5-7-13/h3-7,10-11H,1-2H3. The minimum atomic E-state index is -0.400. The minimum Gasteiger partial charge on any atom is -0.465 e. The molecule has 19 heavy (non-hydrogen) atoms. The average Bonchev–Trinajstić information content (AvgIpc) is 2.46. The summed E-state index contributed by atoms with van der Waals surface area (Å²) in [7, 11) is 1.35. The maximum absolute atomic E-state index is 11.7. The molecular formula is C16H13NO2. The molecule has 3 nitrogen and oxygen atoms in total. The molecule has 0 saturated heterocycles. The van der Waals surface area contributed by atoms with Crippen molar-refractivity contribution in [3.63, 3.8) is 0 Å².